The van der Waals surface area contributed by atoms with Gasteiger partial charge in [0.05, 0.1) is 32.0 Å². The third-order valence-electron chi connectivity index (χ3n) is 15.4. The second-order valence-electron chi connectivity index (χ2n) is 22.5. The predicted molar refractivity (Wildman–Crippen MR) is 323 cm³/mol. The fourth-order valence-corrected chi connectivity index (χ4v) is 10.3. The van der Waals surface area contributed by atoms with Crippen LogP contribution in [0.25, 0.3) is 0 Å². The highest BCUT2D eigenvalue weighted by Crippen LogP contribution is 2.30. The molecule has 0 bridgehead atoms. The van der Waals surface area contributed by atoms with Gasteiger partial charge in [-0.05, 0) is 64.2 Å². The summed E-state index contributed by atoms with van der Waals surface area (Å²) in [5, 5.41) is 87.5. The molecule has 2 heterocycles. The SMILES string of the molecule is CC/C=C\C/C=C\C/C=C\C/C=C\C/C=C\C/C=C\CCCCCCCCC(=O)NC(COC1OC(CO)C(OC2OC(CO)C(O)C(O)C2O)C(O)C1O)C(O)CCCCCCCCCCCCCCCCCCCCCCC. The minimum atomic E-state index is -1.79. The molecule has 0 spiro atoms. The number of carbonyl (C=O) groups excluding carboxylic acids is 1. The smallest absolute Gasteiger partial charge is 0.220 e. The molecule has 14 heteroatoms. The Balaban J connectivity index is 1.73. The first-order valence-corrected chi connectivity index (χ1v) is 32.2. The number of hydrogen-bond donors (Lipinski definition) is 9. The number of carbonyl (C=O) groups is 1. The van der Waals surface area contributed by atoms with E-state index in [0.717, 1.165) is 103 Å². The minimum absolute atomic E-state index is 0.222. The van der Waals surface area contributed by atoms with Crippen molar-refractivity contribution >= 4 is 5.91 Å². The third kappa shape index (κ3) is 35.5. The summed E-state index contributed by atoms with van der Waals surface area (Å²) in [6, 6.07) is -0.842. The predicted octanol–water partition coefficient (Wildman–Crippen LogP) is 11.9. The average molecular weight is 1130 g/mol. The molecule has 12 atom stereocenters. The van der Waals surface area contributed by atoms with Crippen molar-refractivity contribution in [2.24, 2.45) is 0 Å². The number of amides is 1. The summed E-state index contributed by atoms with van der Waals surface area (Å²) in [5.74, 6) is -0.222. The molecule has 80 heavy (non-hydrogen) atoms. The van der Waals surface area contributed by atoms with Gasteiger partial charge in [0.25, 0.3) is 0 Å². The van der Waals surface area contributed by atoms with E-state index in [-0.39, 0.29) is 18.9 Å². The summed E-state index contributed by atoms with van der Waals surface area (Å²) in [7, 11) is 0. The maximum Gasteiger partial charge on any atom is 0.220 e. The van der Waals surface area contributed by atoms with Crippen LogP contribution in [0, 0.1) is 0 Å². The molecule has 12 unspecified atom stereocenters. The van der Waals surface area contributed by atoms with E-state index in [1.54, 1.807) is 0 Å². The number of nitrogens with one attached hydrogen (secondary N) is 1. The van der Waals surface area contributed by atoms with Gasteiger partial charge in [0, 0.05) is 6.42 Å². The van der Waals surface area contributed by atoms with Crippen molar-refractivity contribution in [2.45, 2.75) is 319 Å². The molecule has 0 aromatic heterocycles. The van der Waals surface area contributed by atoms with Gasteiger partial charge in [-0.15, -0.1) is 0 Å². The largest absolute Gasteiger partial charge is 0.394 e. The van der Waals surface area contributed by atoms with Crippen LogP contribution >= 0.6 is 0 Å². The van der Waals surface area contributed by atoms with Crippen LogP contribution in [-0.2, 0) is 23.7 Å². The zero-order valence-electron chi connectivity index (χ0n) is 50.1. The molecule has 0 saturated carbocycles. The Morgan fingerprint density at radius 3 is 1.32 bits per heavy atom. The van der Waals surface area contributed by atoms with Crippen molar-refractivity contribution in [3.05, 3.63) is 72.9 Å². The van der Waals surface area contributed by atoms with Gasteiger partial charge < -0.3 is 65.1 Å². The van der Waals surface area contributed by atoms with E-state index in [4.69, 9.17) is 18.9 Å². The molecule has 2 aliphatic heterocycles. The Hall–Kier alpha value is -2.57. The molecule has 2 aliphatic rings. The first-order valence-electron chi connectivity index (χ1n) is 32.2. The topological polar surface area (TPSA) is 228 Å². The molecule has 2 saturated heterocycles. The summed E-state index contributed by atoms with van der Waals surface area (Å²) < 4.78 is 22.9. The number of unbranched alkanes of at least 4 members (excludes halogenated alkanes) is 26. The molecule has 464 valence electrons. The fourth-order valence-electron chi connectivity index (χ4n) is 10.3. The summed E-state index contributed by atoms with van der Waals surface area (Å²) in [5.41, 5.74) is 0. The molecule has 0 aromatic rings. The van der Waals surface area contributed by atoms with Gasteiger partial charge in [0.1, 0.15) is 48.8 Å². The number of rotatable bonds is 51. The molecule has 2 fully saturated rings. The van der Waals surface area contributed by atoms with E-state index in [1.165, 1.54) is 109 Å². The average Bonchev–Trinajstić information content (AvgIpc) is 3.49. The van der Waals surface area contributed by atoms with Crippen molar-refractivity contribution in [2.75, 3.05) is 19.8 Å². The van der Waals surface area contributed by atoms with Crippen molar-refractivity contribution in [1.82, 2.24) is 5.32 Å². The first-order chi connectivity index (χ1) is 39.1. The standard InChI is InChI=1S/C66H117NO13/c1-3-5-7-9-11-13-15-17-19-21-23-25-26-27-28-30-32-34-36-38-40-42-44-46-48-50-58(71)67-54(55(70)49-47-45-43-41-39-37-35-33-31-29-24-22-20-18-16-14-12-10-8-6-4-2)53-77-65-63(76)61(74)64(57(52-69)79-65)80-66-62(75)60(73)59(72)56(51-68)78-66/h5,7,11,13,17,19,23,25,27-28,32,34,54-57,59-66,68-70,72-76H,3-4,6,8-10,12,14-16,18,20-22,24,26,29-31,33,35-53H2,1-2H3,(H,67,71)/b7-5-,13-11-,19-17-,25-23-,28-27-,34-32-. The van der Waals surface area contributed by atoms with Crippen LogP contribution in [0.5, 0.6) is 0 Å². The van der Waals surface area contributed by atoms with E-state index >= 15 is 0 Å². The molecule has 0 radical (unpaired) electrons. The van der Waals surface area contributed by atoms with Crippen LogP contribution in [0.15, 0.2) is 72.9 Å². The van der Waals surface area contributed by atoms with E-state index in [0.29, 0.717) is 12.8 Å². The molecule has 14 nitrogen and oxygen atoms in total. The Kier molecular flexibility index (Phi) is 46.8. The number of hydrogen-bond acceptors (Lipinski definition) is 13. The van der Waals surface area contributed by atoms with Crippen LogP contribution in [0.3, 0.4) is 0 Å². The normalized spacial score (nSPS) is 24.7. The highest BCUT2D eigenvalue weighted by atomic mass is 16.7. The van der Waals surface area contributed by atoms with E-state index in [2.05, 4.69) is 92.1 Å². The van der Waals surface area contributed by atoms with Crippen LogP contribution in [0.4, 0.5) is 0 Å². The van der Waals surface area contributed by atoms with Gasteiger partial charge in [0.2, 0.25) is 5.91 Å². The Morgan fingerprint density at radius 1 is 0.463 bits per heavy atom. The maximum atomic E-state index is 13.3. The summed E-state index contributed by atoms with van der Waals surface area (Å²) in [6.45, 7) is 2.75. The Bertz CT molecular complexity index is 1620. The molecular weight excluding hydrogens is 1010 g/mol. The van der Waals surface area contributed by atoms with Crippen molar-refractivity contribution in [1.29, 1.82) is 0 Å². The van der Waals surface area contributed by atoms with Crippen LogP contribution in [0.1, 0.15) is 245 Å². The zero-order chi connectivity index (χ0) is 58.1. The lowest BCUT2D eigenvalue weighted by Gasteiger charge is -2.46. The quantitative estimate of drug-likeness (QED) is 0.0204. The Labute approximate surface area is 485 Å². The van der Waals surface area contributed by atoms with E-state index in [9.17, 15) is 45.6 Å². The zero-order valence-corrected chi connectivity index (χ0v) is 50.1. The Morgan fingerprint density at radius 2 is 0.863 bits per heavy atom. The summed E-state index contributed by atoms with van der Waals surface area (Å²) >= 11 is 0. The van der Waals surface area contributed by atoms with Gasteiger partial charge in [0.15, 0.2) is 12.6 Å². The number of ether oxygens (including phenoxy) is 4. The lowest BCUT2D eigenvalue weighted by Crippen LogP contribution is -2.65. The van der Waals surface area contributed by atoms with Crippen LogP contribution in [-0.4, -0.2) is 140 Å². The van der Waals surface area contributed by atoms with Crippen molar-refractivity contribution in [3.8, 4) is 0 Å². The lowest BCUT2D eigenvalue weighted by atomic mass is 9.97. The summed E-state index contributed by atoms with van der Waals surface area (Å²) in [6.07, 6.45) is 50.3. The van der Waals surface area contributed by atoms with Gasteiger partial charge in [-0.1, -0.05) is 247 Å². The lowest BCUT2D eigenvalue weighted by molar-refractivity contribution is -0.359. The minimum Gasteiger partial charge on any atom is -0.394 e. The van der Waals surface area contributed by atoms with Gasteiger partial charge in [-0.2, -0.15) is 0 Å². The van der Waals surface area contributed by atoms with Crippen molar-refractivity contribution in [3.63, 3.8) is 0 Å². The highest BCUT2D eigenvalue weighted by molar-refractivity contribution is 5.76. The molecule has 2 rings (SSSR count). The molecule has 1 amide bonds. The number of aliphatic hydroxyl groups excluding tert-OH is 8. The van der Waals surface area contributed by atoms with Crippen molar-refractivity contribution < 1.29 is 64.6 Å². The molecule has 0 aliphatic carbocycles. The summed E-state index contributed by atoms with van der Waals surface area (Å²) in [4.78, 5) is 13.3. The number of aliphatic hydroxyl groups is 8. The van der Waals surface area contributed by atoms with Gasteiger partial charge in [-0.3, -0.25) is 4.79 Å². The fraction of sp³-hybridized carbons (Fsp3) is 0.803. The number of allylic oxidation sites excluding steroid dienone is 12. The second kappa shape index (κ2) is 50.9. The first kappa shape index (κ1) is 73.5. The third-order valence-corrected chi connectivity index (χ3v) is 15.4. The second-order valence-corrected chi connectivity index (χ2v) is 22.5. The van der Waals surface area contributed by atoms with Gasteiger partial charge in [-0.25, -0.2) is 0 Å². The maximum absolute atomic E-state index is 13.3. The van der Waals surface area contributed by atoms with Crippen LogP contribution < -0.4 is 5.32 Å². The van der Waals surface area contributed by atoms with E-state index in [1.807, 2.05) is 0 Å². The monoisotopic (exact) mass is 1130 g/mol. The highest BCUT2D eigenvalue weighted by Gasteiger charge is 2.51. The molecule has 0 aromatic carbocycles. The molecule has 9 N–H and O–H groups in total. The van der Waals surface area contributed by atoms with Crippen LogP contribution in [0.2, 0.25) is 0 Å². The van der Waals surface area contributed by atoms with E-state index < -0.39 is 86.8 Å². The molecular formula is C66H117NO13. The van der Waals surface area contributed by atoms with Gasteiger partial charge >= 0.3 is 0 Å².